The van der Waals surface area contributed by atoms with Crippen molar-refractivity contribution in [1.82, 2.24) is 9.88 Å². The van der Waals surface area contributed by atoms with Crippen LogP contribution in [0.5, 0.6) is 0 Å². The number of ether oxygens (including phenoxy) is 1. The van der Waals surface area contributed by atoms with Gasteiger partial charge in [0.25, 0.3) is 11.5 Å². The number of amides is 1. The van der Waals surface area contributed by atoms with E-state index >= 15 is 0 Å². The molecular weight excluding hydrogens is 296 g/mol. The van der Waals surface area contributed by atoms with Crippen LogP contribution < -0.4 is 10.9 Å². The normalized spacial score (nSPS) is 17.7. The average Bonchev–Trinajstić information content (AvgIpc) is 3.15. The number of hydrogen-bond acceptors (Lipinski definition) is 4. The topological polar surface area (TPSA) is 73.5 Å². The number of carbonyl (C=O) groups is 1. The summed E-state index contributed by atoms with van der Waals surface area (Å²) in [4.78, 5) is 25.2. The minimum Gasteiger partial charge on any atom is -0.460 e. The fraction of sp³-hybridized carbons (Fsp3) is 0.529. The summed E-state index contributed by atoms with van der Waals surface area (Å²) in [5.41, 5.74) is 0.624. The van der Waals surface area contributed by atoms with E-state index in [1.807, 2.05) is 6.92 Å². The van der Waals surface area contributed by atoms with Gasteiger partial charge >= 0.3 is 0 Å². The number of hydrogen-bond donors (Lipinski definition) is 1. The van der Waals surface area contributed by atoms with Gasteiger partial charge < -0.3 is 19.0 Å². The second-order valence-corrected chi connectivity index (χ2v) is 5.93. The van der Waals surface area contributed by atoms with Gasteiger partial charge in [0.05, 0.1) is 17.1 Å². The van der Waals surface area contributed by atoms with Crippen molar-refractivity contribution in [2.75, 3.05) is 13.2 Å². The van der Waals surface area contributed by atoms with Crippen LogP contribution in [-0.2, 0) is 11.3 Å². The van der Waals surface area contributed by atoms with Crippen molar-refractivity contribution in [1.29, 1.82) is 0 Å². The van der Waals surface area contributed by atoms with Crippen LogP contribution in [-0.4, -0.2) is 29.7 Å². The lowest BCUT2D eigenvalue weighted by Crippen LogP contribution is -2.32. The maximum Gasteiger partial charge on any atom is 0.262 e. The number of pyridine rings is 1. The predicted molar refractivity (Wildman–Crippen MR) is 86.8 cm³/mol. The fourth-order valence-corrected chi connectivity index (χ4v) is 3.06. The highest BCUT2D eigenvalue weighted by molar-refractivity contribution is 6.06. The van der Waals surface area contributed by atoms with E-state index in [-0.39, 0.29) is 17.6 Å². The van der Waals surface area contributed by atoms with Crippen LogP contribution in [0.3, 0.4) is 0 Å². The molecule has 2 aromatic rings. The Bertz CT molecular complexity index is 769. The summed E-state index contributed by atoms with van der Waals surface area (Å²) in [6.07, 6.45) is 4.60. The molecule has 124 valence electrons. The quantitative estimate of drug-likeness (QED) is 0.917. The Hall–Kier alpha value is -2.08. The van der Waals surface area contributed by atoms with E-state index in [9.17, 15) is 9.59 Å². The number of nitrogens with one attached hydrogen (secondary N) is 1. The van der Waals surface area contributed by atoms with Crippen molar-refractivity contribution in [2.24, 2.45) is 0 Å². The summed E-state index contributed by atoms with van der Waals surface area (Å²) in [5, 5.41) is 3.23. The molecule has 0 bridgehead atoms. The number of nitrogens with zero attached hydrogens (tertiary/aromatic N) is 1. The third kappa shape index (κ3) is 3.03. The van der Waals surface area contributed by atoms with E-state index in [2.05, 4.69) is 5.32 Å². The van der Waals surface area contributed by atoms with Crippen molar-refractivity contribution in [3.05, 3.63) is 33.9 Å². The zero-order valence-electron chi connectivity index (χ0n) is 13.6. The first-order valence-electron chi connectivity index (χ1n) is 8.14. The summed E-state index contributed by atoms with van der Waals surface area (Å²) in [5.74, 6) is 0.194. The molecule has 0 radical (unpaired) electrons. The number of aromatic nitrogens is 1. The van der Waals surface area contributed by atoms with Crippen molar-refractivity contribution in [2.45, 2.75) is 45.8 Å². The number of rotatable bonds is 5. The second kappa shape index (κ2) is 6.58. The lowest BCUT2D eigenvalue weighted by atomic mass is 10.1. The van der Waals surface area contributed by atoms with Crippen molar-refractivity contribution >= 4 is 16.9 Å². The second-order valence-electron chi connectivity index (χ2n) is 5.93. The van der Waals surface area contributed by atoms with E-state index in [1.165, 1.54) is 0 Å². The zero-order chi connectivity index (χ0) is 16.4. The molecule has 1 amide bonds. The van der Waals surface area contributed by atoms with Crippen molar-refractivity contribution in [3.8, 4) is 0 Å². The highest BCUT2D eigenvalue weighted by Crippen LogP contribution is 2.22. The van der Waals surface area contributed by atoms with Crippen LogP contribution >= 0.6 is 0 Å². The molecule has 23 heavy (non-hydrogen) atoms. The number of fused-ring (bicyclic) bond motifs is 1. The summed E-state index contributed by atoms with van der Waals surface area (Å²) in [7, 11) is 0. The number of carbonyl (C=O) groups excluding carboxylic acids is 1. The SMILES string of the molecule is CCCn1ccc2oc(C)c(C(=O)NC[C@@H]3CCCO3)c2c1=O. The van der Waals surface area contributed by atoms with Crippen LogP contribution in [0, 0.1) is 6.92 Å². The molecule has 1 aliphatic heterocycles. The zero-order valence-corrected chi connectivity index (χ0v) is 13.6. The lowest BCUT2D eigenvalue weighted by Gasteiger charge is -2.10. The molecule has 0 unspecified atom stereocenters. The molecule has 1 aliphatic rings. The van der Waals surface area contributed by atoms with Gasteiger partial charge in [0, 0.05) is 25.9 Å². The summed E-state index contributed by atoms with van der Waals surface area (Å²) >= 11 is 0. The molecule has 2 aromatic heterocycles. The maximum absolute atomic E-state index is 12.6. The smallest absolute Gasteiger partial charge is 0.262 e. The Labute approximate surface area is 134 Å². The van der Waals surface area contributed by atoms with E-state index in [1.54, 1.807) is 23.8 Å². The van der Waals surface area contributed by atoms with Crippen LogP contribution in [0.4, 0.5) is 0 Å². The molecular formula is C17H22N2O4. The molecule has 0 aliphatic carbocycles. The molecule has 0 aromatic carbocycles. The minimum atomic E-state index is -0.275. The molecule has 6 heteroatoms. The van der Waals surface area contributed by atoms with Crippen LogP contribution in [0.2, 0.25) is 0 Å². The number of furan rings is 1. The minimum absolute atomic E-state index is 0.0640. The third-order valence-corrected chi connectivity index (χ3v) is 4.20. The van der Waals surface area contributed by atoms with Gasteiger partial charge in [-0.25, -0.2) is 0 Å². The average molecular weight is 318 g/mol. The molecule has 1 saturated heterocycles. The van der Waals surface area contributed by atoms with Gasteiger partial charge in [-0.2, -0.15) is 0 Å². The molecule has 0 spiro atoms. The Morgan fingerprint density at radius 3 is 3.00 bits per heavy atom. The molecule has 0 saturated carbocycles. The largest absolute Gasteiger partial charge is 0.460 e. The predicted octanol–water partition coefficient (Wildman–Crippen LogP) is 2.22. The molecule has 1 fully saturated rings. The van der Waals surface area contributed by atoms with Gasteiger partial charge in [-0.3, -0.25) is 9.59 Å². The van der Waals surface area contributed by atoms with Gasteiger partial charge in [-0.05, 0) is 32.3 Å². The maximum atomic E-state index is 12.6. The first-order chi connectivity index (χ1) is 11.1. The van der Waals surface area contributed by atoms with Crippen molar-refractivity contribution in [3.63, 3.8) is 0 Å². The molecule has 6 nitrogen and oxygen atoms in total. The highest BCUT2D eigenvalue weighted by Gasteiger charge is 2.23. The van der Waals surface area contributed by atoms with Gasteiger partial charge in [0.2, 0.25) is 0 Å². The Morgan fingerprint density at radius 1 is 1.48 bits per heavy atom. The first kappa shape index (κ1) is 15.8. The van der Waals surface area contributed by atoms with Crippen LogP contribution in [0.25, 0.3) is 11.0 Å². The van der Waals surface area contributed by atoms with E-state index in [0.29, 0.717) is 35.4 Å². The van der Waals surface area contributed by atoms with Crippen LogP contribution in [0.1, 0.15) is 42.3 Å². The monoisotopic (exact) mass is 318 g/mol. The standard InChI is InChI=1S/C17H22N2O4/c1-3-7-19-8-6-13-15(17(19)21)14(11(2)23-13)16(20)18-10-12-5-4-9-22-12/h6,8,12H,3-5,7,9-10H2,1-2H3,(H,18,20)/t12-/m0/s1. The van der Waals surface area contributed by atoms with E-state index in [4.69, 9.17) is 9.15 Å². The summed E-state index contributed by atoms with van der Waals surface area (Å²) < 4.78 is 12.7. The molecule has 3 rings (SSSR count). The van der Waals surface area contributed by atoms with Gasteiger partial charge in [0.1, 0.15) is 11.3 Å². The lowest BCUT2D eigenvalue weighted by molar-refractivity contribution is 0.0857. The summed E-state index contributed by atoms with van der Waals surface area (Å²) in [6, 6.07) is 1.75. The molecule has 3 heterocycles. The third-order valence-electron chi connectivity index (χ3n) is 4.20. The van der Waals surface area contributed by atoms with Gasteiger partial charge in [-0.1, -0.05) is 6.92 Å². The van der Waals surface area contributed by atoms with E-state index < -0.39 is 0 Å². The first-order valence-corrected chi connectivity index (χ1v) is 8.14. The van der Waals surface area contributed by atoms with Gasteiger partial charge in [-0.15, -0.1) is 0 Å². The Balaban J connectivity index is 1.92. The number of aryl methyl sites for hydroxylation is 2. The van der Waals surface area contributed by atoms with E-state index in [0.717, 1.165) is 25.9 Å². The molecule has 1 N–H and O–H groups in total. The molecule has 1 atom stereocenters. The van der Waals surface area contributed by atoms with Crippen molar-refractivity contribution < 1.29 is 13.9 Å². The van der Waals surface area contributed by atoms with Gasteiger partial charge in [0.15, 0.2) is 0 Å². The fourth-order valence-electron chi connectivity index (χ4n) is 3.06. The Kier molecular flexibility index (Phi) is 4.52. The van der Waals surface area contributed by atoms with Crippen LogP contribution in [0.15, 0.2) is 21.5 Å². The Morgan fingerprint density at radius 2 is 2.30 bits per heavy atom. The highest BCUT2D eigenvalue weighted by atomic mass is 16.5. The summed E-state index contributed by atoms with van der Waals surface area (Å²) in [6.45, 7) is 5.55.